The molecule has 0 bridgehead atoms. The van der Waals surface area contributed by atoms with Gasteiger partial charge in [-0.1, -0.05) is 0 Å². The van der Waals surface area contributed by atoms with Crippen molar-refractivity contribution in [2.24, 2.45) is 0 Å². The fourth-order valence-corrected chi connectivity index (χ4v) is 3.45. The van der Waals surface area contributed by atoms with Crippen LogP contribution in [0.15, 0.2) is 42.6 Å². The van der Waals surface area contributed by atoms with Gasteiger partial charge in [0.2, 0.25) is 5.88 Å². The summed E-state index contributed by atoms with van der Waals surface area (Å²) in [6.07, 6.45) is 1.18. The molecule has 1 aromatic carbocycles. The smallest absolute Gasteiger partial charge is 0.410 e. The third-order valence-corrected chi connectivity index (χ3v) is 5.02. The largest absolute Gasteiger partial charge is 0.444 e. The maximum Gasteiger partial charge on any atom is 0.410 e. The normalized spacial score (nSPS) is 14.5. The van der Waals surface area contributed by atoms with Gasteiger partial charge in [-0.05, 0) is 51.1 Å². The minimum Gasteiger partial charge on any atom is -0.444 e. The van der Waals surface area contributed by atoms with Gasteiger partial charge in [-0.2, -0.15) is 0 Å². The highest BCUT2D eigenvalue weighted by atomic mass is 16.6. The Hall–Kier alpha value is -3.75. The quantitative estimate of drug-likeness (QED) is 0.647. The zero-order chi connectivity index (χ0) is 22.9. The van der Waals surface area contributed by atoms with Crippen molar-refractivity contribution in [3.63, 3.8) is 0 Å². The lowest BCUT2D eigenvalue weighted by atomic mass is 10.2. The molecule has 168 valence electrons. The molecule has 32 heavy (non-hydrogen) atoms. The van der Waals surface area contributed by atoms with Gasteiger partial charge in [-0.15, -0.1) is 0 Å². The summed E-state index contributed by atoms with van der Waals surface area (Å²) >= 11 is 0. The first-order valence-electron chi connectivity index (χ1n) is 10.5. The van der Waals surface area contributed by atoms with Gasteiger partial charge in [0.25, 0.3) is 5.91 Å². The van der Waals surface area contributed by atoms with E-state index in [-0.39, 0.29) is 12.0 Å². The summed E-state index contributed by atoms with van der Waals surface area (Å²) in [6.45, 7) is 7.28. The number of hydrogen-bond acceptors (Lipinski definition) is 6. The van der Waals surface area contributed by atoms with Crippen LogP contribution in [-0.2, 0) is 4.74 Å². The second-order valence-electron chi connectivity index (χ2n) is 8.72. The van der Waals surface area contributed by atoms with E-state index in [1.54, 1.807) is 28.0 Å². The molecule has 3 aromatic rings. The summed E-state index contributed by atoms with van der Waals surface area (Å²) in [7, 11) is 0. The van der Waals surface area contributed by atoms with Crippen LogP contribution < -0.4 is 10.5 Å². The zero-order valence-corrected chi connectivity index (χ0v) is 18.4. The highest BCUT2D eigenvalue weighted by Crippen LogP contribution is 2.26. The molecule has 1 aliphatic rings. The second-order valence-corrected chi connectivity index (χ2v) is 8.72. The number of fused-ring (bicyclic) bond motifs is 1. The Balaban J connectivity index is 1.41. The van der Waals surface area contributed by atoms with Crippen molar-refractivity contribution in [2.45, 2.75) is 26.4 Å². The summed E-state index contributed by atoms with van der Waals surface area (Å²) in [4.78, 5) is 35.9. The molecule has 0 spiro atoms. The average Bonchev–Trinajstić information content (AvgIpc) is 3.17. The molecule has 9 nitrogen and oxygen atoms in total. The highest BCUT2D eigenvalue weighted by Gasteiger charge is 2.28. The van der Waals surface area contributed by atoms with Gasteiger partial charge in [0.05, 0.1) is 11.9 Å². The Morgan fingerprint density at radius 3 is 2.41 bits per heavy atom. The minimum absolute atomic E-state index is 0.104. The van der Waals surface area contributed by atoms with E-state index in [4.69, 9.17) is 15.2 Å². The number of nitrogens with two attached hydrogens (primary N) is 1. The number of piperazine rings is 1. The van der Waals surface area contributed by atoms with Gasteiger partial charge in [-0.25, -0.2) is 9.78 Å². The van der Waals surface area contributed by atoms with Crippen molar-refractivity contribution >= 4 is 28.6 Å². The fraction of sp³-hybridized carbons (Fsp3) is 0.348. The second kappa shape index (κ2) is 8.41. The van der Waals surface area contributed by atoms with Gasteiger partial charge in [0, 0.05) is 43.1 Å². The lowest BCUT2D eigenvalue weighted by molar-refractivity contribution is 0.0140. The molecule has 0 saturated carbocycles. The van der Waals surface area contributed by atoms with E-state index in [1.807, 2.05) is 39.0 Å². The summed E-state index contributed by atoms with van der Waals surface area (Å²) < 4.78 is 11.2. The number of amides is 2. The minimum atomic E-state index is -0.541. The molecular weight excluding hydrogens is 410 g/mol. The number of H-pyrrole nitrogens is 1. The van der Waals surface area contributed by atoms with Crippen LogP contribution in [0, 0.1) is 0 Å². The molecule has 2 amide bonds. The highest BCUT2D eigenvalue weighted by molar-refractivity contribution is 5.98. The maximum absolute atomic E-state index is 13.0. The summed E-state index contributed by atoms with van der Waals surface area (Å²) in [5, 5.41) is 0.855. The number of aromatic nitrogens is 2. The Morgan fingerprint density at radius 1 is 1.03 bits per heavy atom. The maximum atomic E-state index is 13.0. The molecule has 1 saturated heterocycles. The van der Waals surface area contributed by atoms with Crippen LogP contribution in [-0.4, -0.2) is 63.5 Å². The van der Waals surface area contributed by atoms with Gasteiger partial charge in [-0.3, -0.25) is 4.79 Å². The van der Waals surface area contributed by atoms with E-state index in [0.29, 0.717) is 49.2 Å². The van der Waals surface area contributed by atoms with Crippen LogP contribution in [0.1, 0.15) is 31.3 Å². The number of pyridine rings is 1. The molecule has 1 fully saturated rings. The first-order chi connectivity index (χ1) is 15.2. The molecule has 0 aliphatic carbocycles. The molecule has 0 atom stereocenters. The van der Waals surface area contributed by atoms with E-state index in [1.165, 1.54) is 6.20 Å². The Morgan fingerprint density at radius 2 is 1.75 bits per heavy atom. The van der Waals surface area contributed by atoms with Gasteiger partial charge in [0.15, 0.2) is 0 Å². The first-order valence-corrected chi connectivity index (χ1v) is 10.5. The van der Waals surface area contributed by atoms with Gasteiger partial charge in [0.1, 0.15) is 17.0 Å². The summed E-state index contributed by atoms with van der Waals surface area (Å²) in [5.74, 6) is 0.944. The van der Waals surface area contributed by atoms with E-state index in [2.05, 4.69) is 9.97 Å². The Labute approximate surface area is 186 Å². The number of carbonyl (C=O) groups excluding carboxylic acids is 2. The topological polar surface area (TPSA) is 114 Å². The molecule has 4 rings (SSSR count). The van der Waals surface area contributed by atoms with Crippen LogP contribution in [0.4, 0.5) is 10.5 Å². The molecule has 2 aromatic heterocycles. The predicted octanol–water partition coefficient (Wildman–Crippen LogP) is 3.63. The first kappa shape index (κ1) is 21.5. The number of nitrogen functional groups attached to an aromatic ring is 1. The van der Waals surface area contributed by atoms with E-state index >= 15 is 0 Å². The lowest BCUT2D eigenvalue weighted by Crippen LogP contribution is -2.51. The van der Waals surface area contributed by atoms with E-state index < -0.39 is 5.60 Å². The molecule has 3 heterocycles. The van der Waals surface area contributed by atoms with Crippen molar-refractivity contribution in [1.29, 1.82) is 0 Å². The van der Waals surface area contributed by atoms with Crippen molar-refractivity contribution in [3.05, 3.63) is 48.3 Å². The number of nitrogens with one attached hydrogen (secondary N) is 1. The van der Waals surface area contributed by atoms with Crippen LogP contribution in [0.3, 0.4) is 0 Å². The Kier molecular flexibility index (Phi) is 5.65. The van der Waals surface area contributed by atoms with Crippen LogP contribution in [0.2, 0.25) is 0 Å². The number of rotatable bonds is 3. The SMILES string of the molecule is CC(C)(C)OC(=O)N1CCN(C(=O)c2cc3cc(Oc4ccc(N)cn4)ccc3[nH]2)CC1. The molecule has 1 aliphatic heterocycles. The summed E-state index contributed by atoms with van der Waals surface area (Å²) in [5.41, 5.74) is 7.00. The molecule has 0 radical (unpaired) electrons. The standard InChI is InChI=1S/C23H27N5O4/c1-23(2,3)32-22(30)28-10-8-27(9-11-28)21(29)19-13-15-12-17(5-6-18(15)26-19)31-20-7-4-16(24)14-25-20/h4-7,12-14,26H,8-11,24H2,1-3H3. The number of nitrogens with zero attached hydrogens (tertiary/aromatic N) is 3. The van der Waals surface area contributed by atoms with Crippen LogP contribution in [0.25, 0.3) is 10.9 Å². The number of ether oxygens (including phenoxy) is 2. The third-order valence-electron chi connectivity index (χ3n) is 5.02. The van der Waals surface area contributed by atoms with Gasteiger partial charge < -0.3 is 30.0 Å². The molecule has 0 unspecified atom stereocenters. The van der Waals surface area contributed by atoms with Crippen molar-refractivity contribution in [1.82, 2.24) is 19.8 Å². The van der Waals surface area contributed by atoms with Crippen molar-refractivity contribution < 1.29 is 19.1 Å². The van der Waals surface area contributed by atoms with Crippen LogP contribution in [0.5, 0.6) is 11.6 Å². The average molecular weight is 438 g/mol. The lowest BCUT2D eigenvalue weighted by Gasteiger charge is -2.35. The predicted molar refractivity (Wildman–Crippen MR) is 121 cm³/mol. The number of hydrogen-bond donors (Lipinski definition) is 2. The Bertz CT molecular complexity index is 1130. The third kappa shape index (κ3) is 4.93. The monoisotopic (exact) mass is 437 g/mol. The molecule has 9 heteroatoms. The number of benzene rings is 1. The summed E-state index contributed by atoms with van der Waals surface area (Å²) in [6, 6.07) is 10.7. The molecular formula is C23H27N5O4. The van der Waals surface area contributed by atoms with Crippen molar-refractivity contribution in [3.8, 4) is 11.6 Å². The fourth-order valence-electron chi connectivity index (χ4n) is 3.45. The van der Waals surface area contributed by atoms with Gasteiger partial charge >= 0.3 is 6.09 Å². The van der Waals surface area contributed by atoms with Crippen LogP contribution >= 0.6 is 0 Å². The van der Waals surface area contributed by atoms with E-state index in [9.17, 15) is 9.59 Å². The number of aromatic amines is 1. The zero-order valence-electron chi connectivity index (χ0n) is 18.4. The van der Waals surface area contributed by atoms with Crippen molar-refractivity contribution in [2.75, 3.05) is 31.9 Å². The number of anilines is 1. The number of carbonyl (C=O) groups is 2. The molecule has 3 N–H and O–H groups in total. The van der Waals surface area contributed by atoms with E-state index in [0.717, 1.165) is 10.9 Å².